The van der Waals surface area contributed by atoms with Gasteiger partial charge in [0.25, 0.3) is 5.91 Å². The molecule has 0 spiro atoms. The van der Waals surface area contributed by atoms with Crippen molar-refractivity contribution in [2.75, 3.05) is 12.9 Å². The molecule has 1 unspecified atom stereocenters. The Hall–Kier alpha value is -2.95. The normalized spacial score (nSPS) is 15.7. The zero-order chi connectivity index (χ0) is 21.9. The molecule has 10 heteroatoms. The molecule has 5 rings (SSSR count). The summed E-state index contributed by atoms with van der Waals surface area (Å²) in [7, 11) is 1.63. The van der Waals surface area contributed by atoms with E-state index in [1.54, 1.807) is 41.1 Å². The van der Waals surface area contributed by atoms with E-state index in [1.165, 1.54) is 11.8 Å². The number of hydrazone groups is 1. The second-order valence-corrected chi connectivity index (χ2v) is 9.81. The summed E-state index contributed by atoms with van der Waals surface area (Å²) in [5.74, 6) is 0.856. The van der Waals surface area contributed by atoms with Crippen LogP contribution in [-0.4, -0.2) is 44.3 Å². The summed E-state index contributed by atoms with van der Waals surface area (Å²) >= 11 is 4.63. The van der Waals surface area contributed by atoms with E-state index in [0.29, 0.717) is 10.9 Å². The minimum Gasteiger partial charge on any atom is -0.495 e. The van der Waals surface area contributed by atoms with E-state index in [0.717, 1.165) is 27.6 Å². The second-order valence-electron chi connectivity index (χ2n) is 6.94. The van der Waals surface area contributed by atoms with Crippen molar-refractivity contribution in [3.8, 4) is 11.4 Å². The number of rotatable bonds is 7. The first-order valence-electron chi connectivity index (χ1n) is 9.87. The van der Waals surface area contributed by atoms with Crippen LogP contribution in [0.2, 0.25) is 0 Å². The Kier molecular flexibility index (Phi) is 6.06. The summed E-state index contributed by atoms with van der Waals surface area (Å²) in [6.07, 6.45) is 2.34. The minimum absolute atomic E-state index is 0.0606. The largest absolute Gasteiger partial charge is 0.495 e. The molecule has 0 fully saturated rings. The van der Waals surface area contributed by atoms with Gasteiger partial charge in [-0.15, -0.1) is 32.9 Å². The van der Waals surface area contributed by atoms with E-state index in [4.69, 9.17) is 9.84 Å². The number of thiophene rings is 2. The molecule has 1 aromatic carbocycles. The molecule has 0 N–H and O–H groups in total. The maximum absolute atomic E-state index is 13.3. The lowest BCUT2D eigenvalue weighted by molar-refractivity contribution is -0.130. The van der Waals surface area contributed by atoms with Crippen LogP contribution in [0.4, 0.5) is 0 Å². The molecule has 0 saturated carbocycles. The Morgan fingerprint density at radius 1 is 1.16 bits per heavy atom. The summed E-state index contributed by atoms with van der Waals surface area (Å²) in [5, 5.41) is 19.3. The molecule has 1 aliphatic heterocycles. The Labute approximate surface area is 197 Å². The van der Waals surface area contributed by atoms with Gasteiger partial charge in [-0.25, -0.2) is 5.01 Å². The van der Waals surface area contributed by atoms with Crippen LogP contribution in [0.15, 0.2) is 75.9 Å². The molecule has 0 aliphatic carbocycles. The Balaban J connectivity index is 1.36. The third-order valence-corrected chi connectivity index (χ3v) is 7.85. The lowest BCUT2D eigenvalue weighted by Crippen LogP contribution is -2.28. The molecular weight excluding hydrogens is 462 g/mol. The highest BCUT2D eigenvalue weighted by Gasteiger charge is 2.34. The van der Waals surface area contributed by atoms with Crippen molar-refractivity contribution in [3.63, 3.8) is 0 Å². The van der Waals surface area contributed by atoms with Gasteiger partial charge in [0.1, 0.15) is 12.1 Å². The molecule has 162 valence electrons. The summed E-state index contributed by atoms with van der Waals surface area (Å²) in [4.78, 5) is 15.5. The third-order valence-electron chi connectivity index (χ3n) is 5.03. The number of hydrogen-bond donors (Lipinski definition) is 0. The number of aromatic nitrogens is 3. The van der Waals surface area contributed by atoms with E-state index < -0.39 is 0 Å². The highest BCUT2D eigenvalue weighted by Crippen LogP contribution is 2.36. The Morgan fingerprint density at radius 3 is 2.78 bits per heavy atom. The van der Waals surface area contributed by atoms with E-state index in [2.05, 4.69) is 16.3 Å². The fraction of sp³-hybridized carbons (Fsp3) is 0.182. The number of ether oxygens (including phenoxy) is 1. The molecule has 7 nitrogen and oxygen atoms in total. The summed E-state index contributed by atoms with van der Waals surface area (Å²) in [5.41, 5.74) is 1.78. The minimum atomic E-state index is -0.0766. The van der Waals surface area contributed by atoms with Crippen LogP contribution in [-0.2, 0) is 4.79 Å². The van der Waals surface area contributed by atoms with E-state index in [1.807, 2.05) is 57.8 Å². The number of nitrogens with zero attached hydrogens (tertiary/aromatic N) is 5. The lowest BCUT2D eigenvalue weighted by atomic mass is 10.1. The average molecular weight is 482 g/mol. The second kappa shape index (κ2) is 9.27. The predicted molar refractivity (Wildman–Crippen MR) is 128 cm³/mol. The van der Waals surface area contributed by atoms with Crippen LogP contribution in [0.5, 0.6) is 5.75 Å². The van der Waals surface area contributed by atoms with Gasteiger partial charge in [-0.05, 0) is 35.0 Å². The van der Waals surface area contributed by atoms with Gasteiger partial charge in [-0.3, -0.25) is 9.36 Å². The monoisotopic (exact) mass is 481 g/mol. The summed E-state index contributed by atoms with van der Waals surface area (Å²) in [6, 6.07) is 15.7. The van der Waals surface area contributed by atoms with Gasteiger partial charge in [-0.2, -0.15) is 5.10 Å². The first-order valence-corrected chi connectivity index (χ1v) is 12.6. The van der Waals surface area contributed by atoms with E-state index in [9.17, 15) is 4.79 Å². The molecule has 1 aliphatic rings. The van der Waals surface area contributed by atoms with Crippen molar-refractivity contribution in [2.45, 2.75) is 17.6 Å². The maximum Gasteiger partial charge on any atom is 0.253 e. The number of benzene rings is 1. The third kappa shape index (κ3) is 4.08. The number of carbonyl (C=O) groups is 1. The molecule has 1 atom stereocenters. The van der Waals surface area contributed by atoms with Crippen LogP contribution in [0.3, 0.4) is 0 Å². The molecule has 4 heterocycles. The predicted octanol–water partition coefficient (Wildman–Crippen LogP) is 4.87. The van der Waals surface area contributed by atoms with Crippen LogP contribution in [0.1, 0.15) is 22.2 Å². The fourth-order valence-electron chi connectivity index (χ4n) is 3.54. The topological polar surface area (TPSA) is 72.6 Å². The lowest BCUT2D eigenvalue weighted by Gasteiger charge is -2.20. The Morgan fingerprint density at radius 2 is 2.00 bits per heavy atom. The van der Waals surface area contributed by atoms with Gasteiger partial charge in [-0.1, -0.05) is 36.0 Å². The standard InChI is InChI=1S/C22H19N5O2S3/c1-29-18-7-3-2-6-16(18)26-14-23-24-22(26)32-13-21(28)27-17(20-9-5-11-31-20)12-15(25-27)19-8-4-10-30-19/h2-11,14,17H,12-13H2,1H3. The quantitative estimate of drug-likeness (QED) is 0.352. The van der Waals surface area contributed by atoms with Gasteiger partial charge in [0, 0.05) is 11.3 Å². The van der Waals surface area contributed by atoms with Gasteiger partial charge in [0.05, 0.1) is 35.2 Å². The van der Waals surface area contributed by atoms with Gasteiger partial charge in [0.15, 0.2) is 5.16 Å². The van der Waals surface area contributed by atoms with Crippen LogP contribution < -0.4 is 4.74 Å². The zero-order valence-electron chi connectivity index (χ0n) is 17.1. The maximum atomic E-state index is 13.3. The van der Waals surface area contributed by atoms with Crippen LogP contribution >= 0.6 is 34.4 Å². The SMILES string of the molecule is COc1ccccc1-n1cnnc1SCC(=O)N1N=C(c2cccs2)CC1c1cccs1. The fourth-order valence-corrected chi connectivity index (χ4v) is 5.85. The van der Waals surface area contributed by atoms with Crippen molar-refractivity contribution in [3.05, 3.63) is 75.4 Å². The molecule has 1 amide bonds. The molecule has 32 heavy (non-hydrogen) atoms. The average Bonchev–Trinajstić information content (AvgIpc) is 3.63. The van der Waals surface area contributed by atoms with Crippen LogP contribution in [0.25, 0.3) is 5.69 Å². The molecule has 0 bridgehead atoms. The van der Waals surface area contributed by atoms with E-state index >= 15 is 0 Å². The number of thioether (sulfide) groups is 1. The van der Waals surface area contributed by atoms with Crippen molar-refractivity contribution in [1.29, 1.82) is 0 Å². The number of carbonyl (C=O) groups excluding carboxylic acids is 1. The smallest absolute Gasteiger partial charge is 0.253 e. The number of hydrogen-bond acceptors (Lipinski definition) is 8. The molecule has 0 radical (unpaired) electrons. The first kappa shape index (κ1) is 20.9. The summed E-state index contributed by atoms with van der Waals surface area (Å²) < 4.78 is 7.29. The van der Waals surface area contributed by atoms with Gasteiger partial charge >= 0.3 is 0 Å². The van der Waals surface area contributed by atoms with Crippen molar-refractivity contribution < 1.29 is 9.53 Å². The molecule has 0 saturated heterocycles. The van der Waals surface area contributed by atoms with Crippen molar-refractivity contribution in [2.24, 2.45) is 5.10 Å². The Bertz CT molecular complexity index is 1230. The van der Waals surface area contributed by atoms with Crippen molar-refractivity contribution in [1.82, 2.24) is 19.8 Å². The number of amides is 1. The summed E-state index contributed by atoms with van der Waals surface area (Å²) in [6.45, 7) is 0. The van der Waals surface area contributed by atoms with E-state index in [-0.39, 0.29) is 17.7 Å². The highest BCUT2D eigenvalue weighted by atomic mass is 32.2. The zero-order valence-corrected chi connectivity index (χ0v) is 19.6. The van der Waals surface area contributed by atoms with Gasteiger partial charge < -0.3 is 4.74 Å². The van der Waals surface area contributed by atoms with Crippen LogP contribution in [0, 0.1) is 0 Å². The molecule has 4 aromatic rings. The molecular formula is C22H19N5O2S3. The highest BCUT2D eigenvalue weighted by molar-refractivity contribution is 7.99. The van der Waals surface area contributed by atoms with Gasteiger partial charge in [0.2, 0.25) is 0 Å². The first-order chi connectivity index (χ1) is 15.7. The molecule has 3 aromatic heterocycles. The number of para-hydroxylation sites is 2. The van der Waals surface area contributed by atoms with Crippen molar-refractivity contribution >= 4 is 46.1 Å². The number of methoxy groups -OCH3 is 1.